The van der Waals surface area contributed by atoms with Crippen LogP contribution in [0.1, 0.15) is 25.0 Å². The molecule has 0 spiro atoms. The van der Waals surface area contributed by atoms with Gasteiger partial charge >= 0.3 is 5.24 Å². The van der Waals surface area contributed by atoms with Crippen LogP contribution in [0.2, 0.25) is 5.02 Å². The predicted molar refractivity (Wildman–Crippen MR) is 104 cm³/mol. The van der Waals surface area contributed by atoms with E-state index in [2.05, 4.69) is 5.10 Å². The number of hydrazone groups is 1. The number of hydrogen-bond acceptors (Lipinski definition) is 4. The van der Waals surface area contributed by atoms with Crippen LogP contribution < -0.4 is 5.73 Å². The molecule has 0 saturated heterocycles. The average molecular weight is 362 g/mol. The van der Waals surface area contributed by atoms with Gasteiger partial charge in [0.25, 0.3) is 0 Å². The highest BCUT2D eigenvalue weighted by molar-refractivity contribution is 8.14. The Balaban J connectivity index is 0.00000100. The van der Waals surface area contributed by atoms with Crippen LogP contribution in [0.3, 0.4) is 0 Å². The molecule has 2 aromatic carbocycles. The van der Waals surface area contributed by atoms with Gasteiger partial charge in [0, 0.05) is 16.5 Å². The fourth-order valence-corrected chi connectivity index (χ4v) is 3.03. The minimum atomic E-state index is -0.0554. The highest BCUT2D eigenvalue weighted by atomic mass is 35.5. The number of nitrogens with zero attached hydrogens (tertiary/aromatic N) is 2. The molecule has 1 amide bonds. The Morgan fingerprint density at radius 2 is 1.92 bits per heavy atom. The summed E-state index contributed by atoms with van der Waals surface area (Å²) in [4.78, 5) is 12.0. The van der Waals surface area contributed by atoms with Crippen molar-refractivity contribution in [2.24, 2.45) is 5.10 Å². The molecule has 3 rings (SSSR count). The Kier molecular flexibility index (Phi) is 6.70. The SMILES string of the molecule is CC.Nc1cccc(CN2N=C(c3ccc(Cl)cc3)CSC2=O)c1. The minimum absolute atomic E-state index is 0.0554. The first-order valence-corrected chi connectivity index (χ1v) is 9.10. The zero-order valence-electron chi connectivity index (χ0n) is 13.7. The number of amides is 1. The fourth-order valence-electron chi connectivity index (χ4n) is 2.17. The van der Waals surface area contributed by atoms with E-state index in [1.165, 1.54) is 16.8 Å². The molecule has 0 aliphatic carbocycles. The number of carbonyl (C=O) groups is 1. The summed E-state index contributed by atoms with van der Waals surface area (Å²) in [6, 6.07) is 14.9. The number of halogens is 1. The van der Waals surface area contributed by atoms with Crippen molar-refractivity contribution >= 4 is 40.0 Å². The molecule has 2 aromatic rings. The summed E-state index contributed by atoms with van der Waals surface area (Å²) in [7, 11) is 0. The largest absolute Gasteiger partial charge is 0.399 e. The van der Waals surface area contributed by atoms with Gasteiger partial charge in [-0.1, -0.05) is 61.5 Å². The standard InChI is InChI=1S/C16H14ClN3OS.C2H6/c17-13-6-4-12(5-7-13)15-10-22-16(21)20(19-15)9-11-2-1-3-14(18)8-11;1-2/h1-8H,9-10,18H2;1-2H3. The second-order valence-electron chi connectivity index (χ2n) is 4.91. The summed E-state index contributed by atoms with van der Waals surface area (Å²) in [5.41, 5.74) is 9.24. The van der Waals surface area contributed by atoms with Crippen molar-refractivity contribution in [3.8, 4) is 0 Å². The quantitative estimate of drug-likeness (QED) is 0.780. The maximum Gasteiger partial charge on any atom is 0.302 e. The lowest BCUT2D eigenvalue weighted by atomic mass is 10.1. The molecule has 0 unspecified atom stereocenters. The lowest BCUT2D eigenvalue weighted by Gasteiger charge is -2.23. The van der Waals surface area contributed by atoms with E-state index in [0.29, 0.717) is 23.0 Å². The molecule has 2 N–H and O–H groups in total. The van der Waals surface area contributed by atoms with Crippen molar-refractivity contribution in [3.63, 3.8) is 0 Å². The lowest BCUT2D eigenvalue weighted by Crippen LogP contribution is -2.29. The molecule has 6 heteroatoms. The van der Waals surface area contributed by atoms with Crippen molar-refractivity contribution < 1.29 is 4.79 Å². The van der Waals surface area contributed by atoms with Crippen LogP contribution in [0, 0.1) is 0 Å². The molecule has 0 atom stereocenters. The first-order chi connectivity index (χ1) is 11.6. The van der Waals surface area contributed by atoms with Gasteiger partial charge in [0.05, 0.1) is 12.3 Å². The van der Waals surface area contributed by atoms with E-state index in [1.54, 1.807) is 0 Å². The van der Waals surface area contributed by atoms with Gasteiger partial charge in [0.2, 0.25) is 0 Å². The van der Waals surface area contributed by atoms with E-state index >= 15 is 0 Å². The van der Waals surface area contributed by atoms with Crippen LogP contribution >= 0.6 is 23.4 Å². The number of anilines is 1. The Hall–Kier alpha value is -1.98. The monoisotopic (exact) mass is 361 g/mol. The normalized spacial score (nSPS) is 13.9. The van der Waals surface area contributed by atoms with E-state index in [9.17, 15) is 4.79 Å². The van der Waals surface area contributed by atoms with Gasteiger partial charge in [0.15, 0.2) is 0 Å². The summed E-state index contributed by atoms with van der Waals surface area (Å²) in [6.45, 7) is 4.41. The van der Waals surface area contributed by atoms with Gasteiger partial charge in [-0.05, 0) is 35.4 Å². The van der Waals surface area contributed by atoms with Crippen molar-refractivity contribution in [1.29, 1.82) is 0 Å². The number of nitrogens with two attached hydrogens (primary N) is 1. The second kappa shape index (κ2) is 8.76. The third kappa shape index (κ3) is 4.76. The topological polar surface area (TPSA) is 58.7 Å². The minimum Gasteiger partial charge on any atom is -0.399 e. The molecule has 1 aliphatic heterocycles. The maximum atomic E-state index is 12.0. The van der Waals surface area contributed by atoms with Crippen LogP contribution in [-0.2, 0) is 6.54 Å². The third-order valence-corrected chi connectivity index (χ3v) is 4.37. The van der Waals surface area contributed by atoms with Gasteiger partial charge in [-0.2, -0.15) is 5.10 Å². The van der Waals surface area contributed by atoms with Gasteiger partial charge in [-0.3, -0.25) is 4.79 Å². The summed E-state index contributed by atoms with van der Waals surface area (Å²) in [6.07, 6.45) is 0. The van der Waals surface area contributed by atoms with E-state index in [4.69, 9.17) is 17.3 Å². The van der Waals surface area contributed by atoms with E-state index < -0.39 is 0 Å². The summed E-state index contributed by atoms with van der Waals surface area (Å²) < 4.78 is 0. The Morgan fingerprint density at radius 3 is 2.58 bits per heavy atom. The van der Waals surface area contributed by atoms with E-state index in [1.807, 2.05) is 62.4 Å². The number of rotatable bonds is 3. The first kappa shape index (κ1) is 18.4. The molecule has 0 fully saturated rings. The second-order valence-corrected chi connectivity index (χ2v) is 6.27. The fraction of sp³-hybridized carbons (Fsp3) is 0.222. The molecule has 0 bridgehead atoms. The number of nitrogen functional groups attached to an aromatic ring is 1. The molecular formula is C18H20ClN3OS. The number of hydrogen-bond donors (Lipinski definition) is 1. The van der Waals surface area contributed by atoms with Crippen molar-refractivity contribution in [2.45, 2.75) is 20.4 Å². The lowest BCUT2D eigenvalue weighted by molar-refractivity contribution is 0.222. The molecule has 4 nitrogen and oxygen atoms in total. The smallest absolute Gasteiger partial charge is 0.302 e. The van der Waals surface area contributed by atoms with Crippen LogP contribution in [0.5, 0.6) is 0 Å². The average Bonchev–Trinajstić information content (AvgIpc) is 2.59. The van der Waals surface area contributed by atoms with Gasteiger partial charge in [-0.15, -0.1) is 0 Å². The van der Waals surface area contributed by atoms with Gasteiger partial charge in [0.1, 0.15) is 0 Å². The summed E-state index contributed by atoms with van der Waals surface area (Å²) >= 11 is 7.15. The number of carbonyl (C=O) groups excluding carboxylic acids is 1. The Bertz CT molecular complexity index is 731. The molecular weight excluding hydrogens is 342 g/mol. The van der Waals surface area contributed by atoms with Gasteiger partial charge < -0.3 is 5.73 Å². The highest BCUT2D eigenvalue weighted by Crippen LogP contribution is 2.22. The molecule has 126 valence electrons. The number of thioether (sulfide) groups is 1. The molecule has 24 heavy (non-hydrogen) atoms. The molecule has 1 heterocycles. The Morgan fingerprint density at radius 1 is 1.21 bits per heavy atom. The Labute approximate surface area is 151 Å². The van der Waals surface area contributed by atoms with Crippen LogP contribution in [0.15, 0.2) is 53.6 Å². The summed E-state index contributed by atoms with van der Waals surface area (Å²) in [5, 5.41) is 6.59. The zero-order valence-corrected chi connectivity index (χ0v) is 15.3. The predicted octanol–water partition coefficient (Wildman–Crippen LogP) is 5.02. The summed E-state index contributed by atoms with van der Waals surface area (Å²) in [5.74, 6) is 0.563. The molecule has 0 radical (unpaired) electrons. The third-order valence-electron chi connectivity index (χ3n) is 3.25. The zero-order chi connectivity index (χ0) is 17.5. The molecule has 0 saturated carbocycles. The van der Waals surface area contributed by atoms with E-state index in [-0.39, 0.29) is 5.24 Å². The molecule has 1 aliphatic rings. The highest BCUT2D eigenvalue weighted by Gasteiger charge is 2.22. The van der Waals surface area contributed by atoms with Crippen LogP contribution in [0.25, 0.3) is 0 Å². The molecule has 0 aromatic heterocycles. The van der Waals surface area contributed by atoms with Gasteiger partial charge in [-0.25, -0.2) is 5.01 Å². The first-order valence-electron chi connectivity index (χ1n) is 7.74. The van der Waals surface area contributed by atoms with Crippen LogP contribution in [-0.4, -0.2) is 21.7 Å². The van der Waals surface area contributed by atoms with E-state index in [0.717, 1.165) is 16.8 Å². The maximum absolute atomic E-state index is 12.0. The number of benzene rings is 2. The van der Waals surface area contributed by atoms with Crippen molar-refractivity contribution in [2.75, 3.05) is 11.5 Å². The van der Waals surface area contributed by atoms with Crippen molar-refractivity contribution in [1.82, 2.24) is 5.01 Å². The van der Waals surface area contributed by atoms with Crippen LogP contribution in [0.4, 0.5) is 10.5 Å². The van der Waals surface area contributed by atoms with Crippen molar-refractivity contribution in [3.05, 3.63) is 64.7 Å².